The molecular weight excluding hydrogens is 447 g/mol. The molecule has 0 aliphatic rings. The minimum absolute atomic E-state index is 0.147. The lowest BCUT2D eigenvalue weighted by molar-refractivity contribution is -0.140. The number of unbranched alkanes of at least 4 members (excludes halogenated alkanes) is 1. The van der Waals surface area contributed by atoms with E-state index in [0.717, 1.165) is 24.2 Å². The van der Waals surface area contributed by atoms with E-state index in [-0.39, 0.29) is 24.8 Å². The molecule has 0 heterocycles. The van der Waals surface area contributed by atoms with Crippen LogP contribution >= 0.6 is 23.2 Å². The third-order valence-electron chi connectivity index (χ3n) is 5.21. The van der Waals surface area contributed by atoms with E-state index in [4.69, 9.17) is 27.9 Å². The van der Waals surface area contributed by atoms with E-state index in [1.807, 2.05) is 31.2 Å². The summed E-state index contributed by atoms with van der Waals surface area (Å²) in [4.78, 5) is 27.3. The van der Waals surface area contributed by atoms with Crippen molar-refractivity contribution in [2.24, 2.45) is 0 Å². The van der Waals surface area contributed by atoms with Crippen LogP contribution in [0.2, 0.25) is 10.0 Å². The van der Waals surface area contributed by atoms with Crippen molar-refractivity contribution in [3.63, 3.8) is 0 Å². The molecule has 0 aliphatic heterocycles. The third-order valence-corrected chi connectivity index (χ3v) is 5.92. The number of aryl methyl sites for hydroxylation is 1. The molecule has 1 atom stereocenters. The van der Waals surface area contributed by atoms with Gasteiger partial charge in [-0.05, 0) is 51.0 Å². The standard InChI is InChI=1S/C25H32Cl2N2O3/c1-4-5-15-28-25(31)19(3)29(17-21-22(26)8-6-9-23(21)27)24(30)10-7-16-32-20-13-11-18(2)12-14-20/h6,8-9,11-14,19H,4-5,7,10,15-17H2,1-3H3,(H,28,31)/t19-/m0/s1. The van der Waals surface area contributed by atoms with Crippen molar-refractivity contribution in [2.75, 3.05) is 13.2 Å². The Labute approximate surface area is 201 Å². The number of hydrogen-bond donors (Lipinski definition) is 1. The summed E-state index contributed by atoms with van der Waals surface area (Å²) in [5, 5.41) is 3.84. The molecule has 0 unspecified atom stereocenters. The molecule has 7 heteroatoms. The zero-order chi connectivity index (χ0) is 23.5. The summed E-state index contributed by atoms with van der Waals surface area (Å²) in [6.45, 7) is 6.96. The van der Waals surface area contributed by atoms with E-state index in [1.165, 1.54) is 0 Å². The van der Waals surface area contributed by atoms with Crippen molar-refractivity contribution in [1.29, 1.82) is 0 Å². The Bertz CT molecular complexity index is 867. The summed E-state index contributed by atoms with van der Waals surface area (Å²) in [5.41, 5.74) is 1.79. The van der Waals surface area contributed by atoms with E-state index in [2.05, 4.69) is 12.2 Å². The second-order valence-corrected chi connectivity index (χ2v) is 8.62. The van der Waals surface area contributed by atoms with Crippen LogP contribution < -0.4 is 10.1 Å². The van der Waals surface area contributed by atoms with Gasteiger partial charge in [-0.3, -0.25) is 9.59 Å². The van der Waals surface area contributed by atoms with Gasteiger partial charge in [-0.15, -0.1) is 0 Å². The average molecular weight is 479 g/mol. The molecule has 2 aromatic rings. The number of carbonyl (C=O) groups is 2. The molecule has 0 bridgehead atoms. The predicted octanol–water partition coefficient (Wildman–Crippen LogP) is 5.79. The average Bonchev–Trinajstić information content (AvgIpc) is 2.77. The summed E-state index contributed by atoms with van der Waals surface area (Å²) in [5.74, 6) is 0.434. The van der Waals surface area contributed by atoms with Crippen LogP contribution in [0.1, 0.15) is 50.7 Å². The van der Waals surface area contributed by atoms with Crippen LogP contribution in [-0.2, 0) is 16.1 Å². The number of halogens is 2. The van der Waals surface area contributed by atoms with Crippen molar-refractivity contribution in [3.05, 3.63) is 63.6 Å². The molecule has 0 radical (unpaired) electrons. The Morgan fingerprint density at radius 3 is 2.34 bits per heavy atom. The van der Waals surface area contributed by atoms with Gasteiger partial charge in [-0.25, -0.2) is 0 Å². The van der Waals surface area contributed by atoms with Gasteiger partial charge < -0.3 is 15.0 Å². The van der Waals surface area contributed by atoms with E-state index < -0.39 is 6.04 Å². The Morgan fingerprint density at radius 2 is 1.72 bits per heavy atom. The highest BCUT2D eigenvalue weighted by Crippen LogP contribution is 2.27. The second kappa shape index (κ2) is 13.3. The van der Waals surface area contributed by atoms with Gasteiger partial charge in [0.2, 0.25) is 11.8 Å². The molecule has 0 spiro atoms. The van der Waals surface area contributed by atoms with Crippen LogP contribution in [0.15, 0.2) is 42.5 Å². The first-order chi connectivity index (χ1) is 15.3. The van der Waals surface area contributed by atoms with Crippen molar-refractivity contribution in [3.8, 4) is 5.75 Å². The summed E-state index contributed by atoms with van der Waals surface area (Å²) in [7, 11) is 0. The topological polar surface area (TPSA) is 58.6 Å². The molecule has 0 aliphatic carbocycles. The highest BCUT2D eigenvalue weighted by molar-refractivity contribution is 6.36. The van der Waals surface area contributed by atoms with Crippen LogP contribution in [0, 0.1) is 6.92 Å². The Kier molecular flexibility index (Phi) is 10.8. The van der Waals surface area contributed by atoms with Crippen LogP contribution in [0.3, 0.4) is 0 Å². The normalized spacial score (nSPS) is 11.7. The zero-order valence-electron chi connectivity index (χ0n) is 19.0. The lowest BCUT2D eigenvalue weighted by Gasteiger charge is -2.29. The first-order valence-electron chi connectivity index (χ1n) is 11.0. The number of rotatable bonds is 12. The molecule has 2 aromatic carbocycles. The third kappa shape index (κ3) is 8.03. The molecule has 5 nitrogen and oxygen atoms in total. The van der Waals surface area contributed by atoms with Crippen molar-refractivity contribution in [2.45, 2.75) is 59.0 Å². The van der Waals surface area contributed by atoms with E-state index in [9.17, 15) is 9.59 Å². The zero-order valence-corrected chi connectivity index (χ0v) is 20.5. The number of nitrogens with zero attached hydrogens (tertiary/aromatic N) is 1. The molecule has 0 saturated carbocycles. The maximum absolute atomic E-state index is 13.1. The van der Waals surface area contributed by atoms with Gasteiger partial charge in [0.05, 0.1) is 6.61 Å². The molecule has 174 valence electrons. The van der Waals surface area contributed by atoms with Crippen LogP contribution in [0.4, 0.5) is 0 Å². The molecule has 2 rings (SSSR count). The van der Waals surface area contributed by atoms with Gasteiger partial charge in [0.25, 0.3) is 0 Å². The lowest BCUT2D eigenvalue weighted by atomic mass is 10.1. The molecule has 0 saturated heterocycles. The quantitative estimate of drug-likeness (QED) is 0.392. The van der Waals surface area contributed by atoms with Gasteiger partial charge in [0, 0.05) is 35.1 Å². The summed E-state index contributed by atoms with van der Waals surface area (Å²) in [6.07, 6.45) is 2.65. The Morgan fingerprint density at radius 1 is 1.06 bits per heavy atom. The highest BCUT2D eigenvalue weighted by atomic mass is 35.5. The van der Waals surface area contributed by atoms with Gasteiger partial charge in [0.1, 0.15) is 11.8 Å². The SMILES string of the molecule is CCCCNC(=O)[C@H](C)N(Cc1c(Cl)cccc1Cl)C(=O)CCCOc1ccc(C)cc1. The fourth-order valence-electron chi connectivity index (χ4n) is 3.16. The lowest BCUT2D eigenvalue weighted by Crippen LogP contribution is -2.47. The minimum atomic E-state index is -0.648. The number of amides is 2. The largest absolute Gasteiger partial charge is 0.494 e. The van der Waals surface area contributed by atoms with Gasteiger partial charge >= 0.3 is 0 Å². The second-order valence-electron chi connectivity index (χ2n) is 7.81. The Hall–Kier alpha value is -2.24. The fourth-order valence-corrected chi connectivity index (χ4v) is 3.68. The monoisotopic (exact) mass is 478 g/mol. The van der Waals surface area contributed by atoms with Crippen molar-refractivity contribution >= 4 is 35.0 Å². The van der Waals surface area contributed by atoms with Crippen molar-refractivity contribution in [1.82, 2.24) is 10.2 Å². The van der Waals surface area contributed by atoms with Crippen LogP contribution in [0.25, 0.3) is 0 Å². The molecular formula is C25H32Cl2N2O3. The first kappa shape index (κ1) is 26.0. The number of nitrogens with one attached hydrogen (secondary N) is 1. The molecule has 0 fully saturated rings. The predicted molar refractivity (Wildman–Crippen MR) is 130 cm³/mol. The molecule has 2 amide bonds. The number of benzene rings is 2. The molecule has 1 N–H and O–H groups in total. The number of hydrogen-bond acceptors (Lipinski definition) is 3. The van der Waals surface area contributed by atoms with Gasteiger partial charge in [-0.1, -0.05) is 60.3 Å². The highest BCUT2D eigenvalue weighted by Gasteiger charge is 2.27. The van der Waals surface area contributed by atoms with Gasteiger partial charge in [0.15, 0.2) is 0 Å². The van der Waals surface area contributed by atoms with E-state index in [1.54, 1.807) is 30.0 Å². The minimum Gasteiger partial charge on any atom is -0.494 e. The van der Waals surface area contributed by atoms with Gasteiger partial charge in [-0.2, -0.15) is 0 Å². The summed E-state index contributed by atoms with van der Waals surface area (Å²) in [6, 6.07) is 12.3. The van der Waals surface area contributed by atoms with Crippen molar-refractivity contribution < 1.29 is 14.3 Å². The van der Waals surface area contributed by atoms with E-state index in [0.29, 0.717) is 35.2 Å². The van der Waals surface area contributed by atoms with Crippen LogP contribution in [-0.4, -0.2) is 35.9 Å². The fraction of sp³-hybridized carbons (Fsp3) is 0.440. The maximum Gasteiger partial charge on any atom is 0.242 e. The Balaban J connectivity index is 2.03. The number of ether oxygens (including phenoxy) is 1. The summed E-state index contributed by atoms with van der Waals surface area (Å²) >= 11 is 12.7. The smallest absolute Gasteiger partial charge is 0.242 e. The molecule has 0 aromatic heterocycles. The van der Waals surface area contributed by atoms with Crippen LogP contribution in [0.5, 0.6) is 5.75 Å². The first-order valence-corrected chi connectivity index (χ1v) is 11.8. The maximum atomic E-state index is 13.1. The molecule has 32 heavy (non-hydrogen) atoms. The summed E-state index contributed by atoms with van der Waals surface area (Å²) < 4.78 is 5.73. The number of carbonyl (C=O) groups excluding carboxylic acids is 2. The van der Waals surface area contributed by atoms with E-state index >= 15 is 0 Å².